The van der Waals surface area contributed by atoms with Gasteiger partial charge in [-0.15, -0.1) is 0 Å². The molecule has 1 N–H and O–H groups in total. The minimum Gasteiger partial charge on any atom is -0.326 e. The molecule has 2 aromatic rings. The first-order valence-corrected chi connectivity index (χ1v) is 5.79. The third-order valence-corrected chi connectivity index (χ3v) is 2.63. The van der Waals surface area contributed by atoms with Gasteiger partial charge in [-0.25, -0.2) is 4.39 Å². The molecule has 0 spiro atoms. The summed E-state index contributed by atoms with van der Waals surface area (Å²) in [5.41, 5.74) is 1.34. The van der Waals surface area contributed by atoms with Crippen LogP contribution in [0, 0.1) is 15.9 Å². The maximum atomic E-state index is 12.9. The number of benzene rings is 2. The predicted molar refractivity (Wildman–Crippen MR) is 72.8 cm³/mol. The Kier molecular flexibility index (Phi) is 3.74. The number of hydrogen-bond donors (Lipinski definition) is 1. The van der Waals surface area contributed by atoms with E-state index in [1.54, 1.807) is 6.07 Å². The number of anilines is 1. The summed E-state index contributed by atoms with van der Waals surface area (Å²) >= 11 is 0. The molecule has 0 saturated heterocycles. The number of nitrogens with zero attached hydrogens (tertiary/aromatic N) is 1. The molecule has 0 heterocycles. The maximum absolute atomic E-state index is 12.9. The van der Waals surface area contributed by atoms with E-state index < -0.39 is 4.92 Å². The van der Waals surface area contributed by atoms with E-state index in [1.807, 2.05) is 0 Å². The van der Waals surface area contributed by atoms with Crippen LogP contribution in [0.2, 0.25) is 0 Å². The number of nitrogens with one attached hydrogen (secondary N) is 1. The molecule has 0 atom stereocenters. The van der Waals surface area contributed by atoms with Gasteiger partial charge in [-0.1, -0.05) is 12.1 Å². The molecule has 102 valence electrons. The van der Waals surface area contributed by atoms with Crippen molar-refractivity contribution in [1.29, 1.82) is 0 Å². The van der Waals surface area contributed by atoms with Crippen molar-refractivity contribution in [3.63, 3.8) is 0 Å². The zero-order valence-corrected chi connectivity index (χ0v) is 10.6. The number of rotatable bonds is 3. The van der Waals surface area contributed by atoms with Crippen LogP contribution >= 0.6 is 0 Å². The maximum Gasteiger partial charge on any atom is 0.272 e. The van der Waals surface area contributed by atoms with Crippen LogP contribution in [0.1, 0.15) is 6.92 Å². The third-order valence-electron chi connectivity index (χ3n) is 2.63. The van der Waals surface area contributed by atoms with Gasteiger partial charge in [-0.3, -0.25) is 14.9 Å². The lowest BCUT2D eigenvalue weighted by atomic mass is 10.0. The second-order valence-corrected chi connectivity index (χ2v) is 4.21. The van der Waals surface area contributed by atoms with E-state index in [2.05, 4.69) is 5.32 Å². The van der Waals surface area contributed by atoms with E-state index in [-0.39, 0.29) is 17.4 Å². The van der Waals surface area contributed by atoms with Crippen molar-refractivity contribution in [3.05, 3.63) is 58.4 Å². The van der Waals surface area contributed by atoms with Crippen molar-refractivity contribution < 1.29 is 14.1 Å². The minimum atomic E-state index is -0.543. The number of non-ortho nitro benzene ring substituents is 1. The van der Waals surface area contributed by atoms with Crippen LogP contribution in [0.4, 0.5) is 15.8 Å². The molecule has 20 heavy (non-hydrogen) atoms. The molecular weight excluding hydrogens is 263 g/mol. The number of hydrogen-bond acceptors (Lipinski definition) is 3. The van der Waals surface area contributed by atoms with Crippen molar-refractivity contribution in [1.82, 2.24) is 0 Å². The van der Waals surface area contributed by atoms with Crippen molar-refractivity contribution in [2.24, 2.45) is 0 Å². The number of carbonyl (C=O) groups is 1. The number of nitro benzene ring substituents is 1. The van der Waals surface area contributed by atoms with Gasteiger partial charge in [0, 0.05) is 24.7 Å². The molecule has 6 heteroatoms. The monoisotopic (exact) mass is 274 g/mol. The second kappa shape index (κ2) is 5.48. The molecule has 0 aliphatic rings. The average Bonchev–Trinajstić information content (AvgIpc) is 2.38. The predicted octanol–water partition coefficient (Wildman–Crippen LogP) is 3.36. The summed E-state index contributed by atoms with van der Waals surface area (Å²) in [4.78, 5) is 21.4. The SMILES string of the molecule is CC(=O)Nc1cc(-c2ccc(F)cc2)cc([N+](=O)[O-])c1. The molecule has 5 nitrogen and oxygen atoms in total. The number of amides is 1. The van der Waals surface area contributed by atoms with Gasteiger partial charge in [0.05, 0.1) is 4.92 Å². The summed E-state index contributed by atoms with van der Waals surface area (Å²) in [5, 5.41) is 13.4. The van der Waals surface area contributed by atoms with Gasteiger partial charge in [-0.05, 0) is 29.3 Å². The summed E-state index contributed by atoms with van der Waals surface area (Å²) in [6.45, 7) is 1.32. The van der Waals surface area contributed by atoms with Gasteiger partial charge in [0.2, 0.25) is 5.91 Å². The molecule has 0 radical (unpaired) electrons. The smallest absolute Gasteiger partial charge is 0.272 e. The van der Waals surface area contributed by atoms with E-state index in [9.17, 15) is 19.3 Å². The molecule has 2 rings (SSSR count). The zero-order chi connectivity index (χ0) is 14.7. The molecule has 1 amide bonds. The van der Waals surface area contributed by atoms with Crippen LogP contribution in [0.5, 0.6) is 0 Å². The summed E-state index contributed by atoms with van der Waals surface area (Å²) in [7, 11) is 0. The molecule has 2 aromatic carbocycles. The van der Waals surface area contributed by atoms with Crippen LogP contribution in [-0.4, -0.2) is 10.8 Å². The molecule has 0 aromatic heterocycles. The van der Waals surface area contributed by atoms with Gasteiger partial charge in [0.15, 0.2) is 0 Å². The average molecular weight is 274 g/mol. The van der Waals surface area contributed by atoms with E-state index in [0.29, 0.717) is 16.8 Å². The van der Waals surface area contributed by atoms with Crippen LogP contribution in [0.25, 0.3) is 11.1 Å². The van der Waals surface area contributed by atoms with Gasteiger partial charge in [0.25, 0.3) is 5.69 Å². The fourth-order valence-corrected chi connectivity index (χ4v) is 1.80. The first-order valence-electron chi connectivity index (χ1n) is 5.79. The summed E-state index contributed by atoms with van der Waals surface area (Å²) < 4.78 is 12.9. The number of halogens is 1. The Bertz CT molecular complexity index is 669. The third kappa shape index (κ3) is 3.17. The van der Waals surface area contributed by atoms with Crippen LogP contribution in [0.3, 0.4) is 0 Å². The Morgan fingerprint density at radius 1 is 1.15 bits per heavy atom. The Labute approximate surface area is 114 Å². The molecular formula is C14H11FN2O3. The van der Waals surface area contributed by atoms with Gasteiger partial charge in [0.1, 0.15) is 5.82 Å². The van der Waals surface area contributed by atoms with Gasteiger partial charge in [-0.2, -0.15) is 0 Å². The molecule has 0 aliphatic carbocycles. The Balaban J connectivity index is 2.51. The highest BCUT2D eigenvalue weighted by atomic mass is 19.1. The van der Waals surface area contributed by atoms with Crippen LogP contribution < -0.4 is 5.32 Å². The highest BCUT2D eigenvalue weighted by Gasteiger charge is 2.11. The molecule has 0 saturated carbocycles. The molecule has 0 bridgehead atoms. The molecule has 0 fully saturated rings. The zero-order valence-electron chi connectivity index (χ0n) is 10.6. The number of carbonyl (C=O) groups excluding carboxylic acids is 1. The Morgan fingerprint density at radius 2 is 1.80 bits per heavy atom. The van der Waals surface area contributed by atoms with Crippen LogP contribution in [0.15, 0.2) is 42.5 Å². The highest BCUT2D eigenvalue weighted by Crippen LogP contribution is 2.28. The van der Waals surface area contributed by atoms with Crippen molar-refractivity contribution >= 4 is 17.3 Å². The normalized spacial score (nSPS) is 10.1. The second-order valence-electron chi connectivity index (χ2n) is 4.21. The largest absolute Gasteiger partial charge is 0.326 e. The van der Waals surface area contributed by atoms with Gasteiger partial charge >= 0.3 is 0 Å². The Hall–Kier alpha value is -2.76. The van der Waals surface area contributed by atoms with E-state index in [0.717, 1.165) is 0 Å². The highest BCUT2D eigenvalue weighted by molar-refractivity contribution is 5.90. The standard InChI is InChI=1S/C14H11FN2O3/c1-9(18)16-13-6-11(7-14(8-13)17(19)20)10-2-4-12(15)5-3-10/h2-8H,1H3,(H,16,18). The molecule has 0 aliphatic heterocycles. The molecule has 0 unspecified atom stereocenters. The fraction of sp³-hybridized carbons (Fsp3) is 0.0714. The summed E-state index contributed by atoms with van der Waals surface area (Å²) in [6.07, 6.45) is 0. The first-order chi connectivity index (χ1) is 9.45. The van der Waals surface area contributed by atoms with E-state index >= 15 is 0 Å². The first kappa shape index (κ1) is 13.7. The van der Waals surface area contributed by atoms with E-state index in [1.165, 1.54) is 43.3 Å². The topological polar surface area (TPSA) is 72.2 Å². The van der Waals surface area contributed by atoms with Crippen molar-refractivity contribution in [2.45, 2.75) is 6.92 Å². The lowest BCUT2D eigenvalue weighted by molar-refractivity contribution is -0.384. The number of nitro groups is 1. The van der Waals surface area contributed by atoms with Gasteiger partial charge < -0.3 is 5.32 Å². The van der Waals surface area contributed by atoms with E-state index in [4.69, 9.17) is 0 Å². The minimum absolute atomic E-state index is 0.143. The summed E-state index contributed by atoms with van der Waals surface area (Å²) in [5.74, 6) is -0.711. The Morgan fingerprint density at radius 3 is 2.35 bits per heavy atom. The lowest BCUT2D eigenvalue weighted by Gasteiger charge is -2.07. The van der Waals surface area contributed by atoms with Crippen LogP contribution in [-0.2, 0) is 4.79 Å². The lowest BCUT2D eigenvalue weighted by Crippen LogP contribution is -2.06. The van der Waals surface area contributed by atoms with Crippen molar-refractivity contribution in [2.75, 3.05) is 5.32 Å². The summed E-state index contributed by atoms with van der Waals surface area (Å²) in [6, 6.07) is 9.82. The quantitative estimate of drug-likeness (QED) is 0.689. The van der Waals surface area contributed by atoms with Crippen molar-refractivity contribution in [3.8, 4) is 11.1 Å². The fourth-order valence-electron chi connectivity index (χ4n) is 1.80.